The predicted octanol–water partition coefficient (Wildman–Crippen LogP) is 1.47. The number of nitrogens with two attached hydrogens (primary N) is 1. The smallest absolute Gasteiger partial charge is 0.310 e. The molecule has 1 fully saturated rings. The largest absolute Gasteiger partial charge is 0.469 e. The van der Waals surface area contributed by atoms with Crippen LogP contribution < -0.4 is 5.73 Å². The first-order valence-electron chi connectivity index (χ1n) is 6.07. The minimum absolute atomic E-state index is 0.129. The summed E-state index contributed by atoms with van der Waals surface area (Å²) >= 11 is 0. The third kappa shape index (κ3) is 3.46. The van der Waals surface area contributed by atoms with Gasteiger partial charge >= 0.3 is 5.97 Å². The molecule has 94 valence electrons. The van der Waals surface area contributed by atoms with E-state index in [2.05, 4.69) is 13.8 Å². The van der Waals surface area contributed by atoms with Gasteiger partial charge < -0.3 is 15.2 Å². The summed E-state index contributed by atoms with van der Waals surface area (Å²) < 4.78 is 10.6. The first-order chi connectivity index (χ1) is 7.58. The van der Waals surface area contributed by atoms with Crippen LogP contribution in [0.5, 0.6) is 0 Å². The molecular weight excluding hydrogens is 206 g/mol. The van der Waals surface area contributed by atoms with Crippen LogP contribution in [0.15, 0.2) is 0 Å². The Bertz CT molecular complexity index is 232. The summed E-state index contributed by atoms with van der Waals surface area (Å²) in [7, 11) is 1.41. The second-order valence-electron chi connectivity index (χ2n) is 4.58. The highest BCUT2D eigenvalue weighted by Gasteiger charge is 2.34. The van der Waals surface area contributed by atoms with Crippen LogP contribution in [0.2, 0.25) is 0 Å². The van der Waals surface area contributed by atoms with Crippen LogP contribution in [0.1, 0.15) is 39.5 Å². The van der Waals surface area contributed by atoms with Crippen LogP contribution in [0.4, 0.5) is 0 Å². The third-order valence-electron chi connectivity index (χ3n) is 3.36. The first kappa shape index (κ1) is 13.5. The van der Waals surface area contributed by atoms with Gasteiger partial charge in [-0.2, -0.15) is 0 Å². The Kier molecular flexibility index (Phi) is 5.22. The Morgan fingerprint density at radius 3 is 2.69 bits per heavy atom. The summed E-state index contributed by atoms with van der Waals surface area (Å²) in [5.41, 5.74) is 5.98. The summed E-state index contributed by atoms with van der Waals surface area (Å²) in [6.45, 7) is 4.17. The van der Waals surface area contributed by atoms with E-state index in [-0.39, 0.29) is 30.1 Å². The average molecular weight is 229 g/mol. The van der Waals surface area contributed by atoms with Gasteiger partial charge in [-0.3, -0.25) is 4.79 Å². The van der Waals surface area contributed by atoms with Crippen molar-refractivity contribution in [1.29, 1.82) is 0 Å². The number of rotatable bonds is 4. The maximum Gasteiger partial charge on any atom is 0.310 e. The van der Waals surface area contributed by atoms with Gasteiger partial charge in [-0.25, -0.2) is 0 Å². The van der Waals surface area contributed by atoms with Crippen molar-refractivity contribution in [2.24, 2.45) is 11.7 Å². The van der Waals surface area contributed by atoms with Crippen LogP contribution in [0.3, 0.4) is 0 Å². The quantitative estimate of drug-likeness (QED) is 0.742. The average Bonchev–Trinajstić information content (AvgIpc) is 2.28. The Labute approximate surface area is 97.5 Å². The van der Waals surface area contributed by atoms with Gasteiger partial charge in [0.05, 0.1) is 25.2 Å². The number of ether oxygens (including phenoxy) is 2. The lowest BCUT2D eigenvalue weighted by Crippen LogP contribution is -2.44. The number of hydrogen-bond acceptors (Lipinski definition) is 4. The van der Waals surface area contributed by atoms with E-state index in [1.807, 2.05) is 0 Å². The molecule has 0 aromatic carbocycles. The van der Waals surface area contributed by atoms with Gasteiger partial charge in [0.1, 0.15) is 0 Å². The summed E-state index contributed by atoms with van der Waals surface area (Å²) in [5.74, 6) is -0.337. The topological polar surface area (TPSA) is 61.5 Å². The molecule has 1 saturated carbocycles. The zero-order valence-corrected chi connectivity index (χ0v) is 10.4. The van der Waals surface area contributed by atoms with Gasteiger partial charge in [0.2, 0.25) is 0 Å². The van der Waals surface area contributed by atoms with Crippen molar-refractivity contribution in [3.05, 3.63) is 0 Å². The van der Waals surface area contributed by atoms with Crippen LogP contribution >= 0.6 is 0 Å². The lowest BCUT2D eigenvalue weighted by molar-refractivity contribution is -0.148. The van der Waals surface area contributed by atoms with Crippen LogP contribution in [-0.4, -0.2) is 31.3 Å². The molecule has 4 nitrogen and oxygen atoms in total. The van der Waals surface area contributed by atoms with Crippen LogP contribution in [-0.2, 0) is 14.3 Å². The molecule has 0 heterocycles. The van der Waals surface area contributed by atoms with Gasteiger partial charge in [-0.05, 0) is 32.6 Å². The summed E-state index contributed by atoms with van der Waals surface area (Å²) in [5, 5.41) is 0. The fraction of sp³-hybridized carbons (Fsp3) is 0.917. The molecule has 0 spiro atoms. The zero-order valence-electron chi connectivity index (χ0n) is 10.4. The first-order valence-corrected chi connectivity index (χ1v) is 6.07. The number of methoxy groups -OCH3 is 1. The highest BCUT2D eigenvalue weighted by molar-refractivity contribution is 5.73. The van der Waals surface area contributed by atoms with Crippen molar-refractivity contribution in [1.82, 2.24) is 0 Å². The normalized spacial score (nSPS) is 32.1. The number of esters is 1. The van der Waals surface area contributed by atoms with Crippen LogP contribution in [0, 0.1) is 5.92 Å². The number of carbonyl (C=O) groups excluding carboxylic acids is 1. The van der Waals surface area contributed by atoms with Crippen molar-refractivity contribution in [2.75, 3.05) is 7.11 Å². The molecular formula is C12H23NO3. The lowest BCUT2D eigenvalue weighted by atomic mass is 9.83. The minimum Gasteiger partial charge on any atom is -0.469 e. The molecule has 0 radical (unpaired) electrons. The molecule has 4 heteroatoms. The molecule has 0 aromatic heterocycles. The summed E-state index contributed by atoms with van der Waals surface area (Å²) in [6.07, 6.45) is 3.90. The monoisotopic (exact) mass is 229 g/mol. The number of carbonyl (C=O) groups is 1. The fourth-order valence-corrected chi connectivity index (χ4v) is 2.16. The van der Waals surface area contributed by atoms with E-state index in [1.54, 1.807) is 0 Å². The molecule has 0 amide bonds. The standard InChI is InChI=1S/C12H23NO3/c1-4-8(2)16-9-5-6-10(11(13)7-9)12(14)15-3/h8-11H,4-7,13H2,1-3H3. The molecule has 4 unspecified atom stereocenters. The Hall–Kier alpha value is -0.610. The third-order valence-corrected chi connectivity index (χ3v) is 3.36. The SMILES string of the molecule is CCC(C)OC1CCC(C(=O)OC)C(N)C1. The maximum absolute atomic E-state index is 11.4. The fourth-order valence-electron chi connectivity index (χ4n) is 2.16. The summed E-state index contributed by atoms with van der Waals surface area (Å²) in [4.78, 5) is 11.4. The molecule has 0 saturated heterocycles. The molecule has 1 rings (SSSR count). The van der Waals surface area contributed by atoms with E-state index >= 15 is 0 Å². The van der Waals surface area contributed by atoms with Crippen molar-refractivity contribution in [2.45, 2.75) is 57.8 Å². The van der Waals surface area contributed by atoms with E-state index in [4.69, 9.17) is 15.2 Å². The molecule has 4 atom stereocenters. The van der Waals surface area contributed by atoms with Gasteiger partial charge in [-0.15, -0.1) is 0 Å². The highest BCUT2D eigenvalue weighted by Crippen LogP contribution is 2.27. The highest BCUT2D eigenvalue weighted by atomic mass is 16.5. The van der Waals surface area contributed by atoms with Crippen molar-refractivity contribution >= 4 is 5.97 Å². The van der Waals surface area contributed by atoms with Gasteiger partial charge in [-0.1, -0.05) is 6.92 Å². The number of hydrogen-bond donors (Lipinski definition) is 1. The summed E-state index contributed by atoms with van der Waals surface area (Å²) in [6, 6.07) is -0.129. The Balaban J connectivity index is 2.42. The van der Waals surface area contributed by atoms with E-state index in [0.29, 0.717) is 0 Å². The lowest BCUT2D eigenvalue weighted by Gasteiger charge is -2.33. The van der Waals surface area contributed by atoms with Gasteiger partial charge in [0.15, 0.2) is 0 Å². The van der Waals surface area contributed by atoms with Crippen LogP contribution in [0.25, 0.3) is 0 Å². The van der Waals surface area contributed by atoms with E-state index in [1.165, 1.54) is 7.11 Å². The van der Waals surface area contributed by atoms with Crippen molar-refractivity contribution < 1.29 is 14.3 Å². The maximum atomic E-state index is 11.4. The molecule has 0 aromatic rings. The Morgan fingerprint density at radius 2 is 2.19 bits per heavy atom. The van der Waals surface area contributed by atoms with Crippen molar-refractivity contribution in [3.8, 4) is 0 Å². The van der Waals surface area contributed by atoms with Crippen molar-refractivity contribution in [3.63, 3.8) is 0 Å². The van der Waals surface area contributed by atoms with Gasteiger partial charge in [0, 0.05) is 6.04 Å². The zero-order chi connectivity index (χ0) is 12.1. The molecule has 1 aliphatic rings. The second kappa shape index (κ2) is 6.21. The van der Waals surface area contributed by atoms with Gasteiger partial charge in [0.25, 0.3) is 0 Å². The van der Waals surface area contributed by atoms with E-state index in [9.17, 15) is 4.79 Å². The molecule has 0 aliphatic heterocycles. The second-order valence-corrected chi connectivity index (χ2v) is 4.58. The minimum atomic E-state index is -0.186. The molecule has 0 bridgehead atoms. The Morgan fingerprint density at radius 1 is 1.50 bits per heavy atom. The van der Waals surface area contributed by atoms with E-state index in [0.717, 1.165) is 25.7 Å². The predicted molar refractivity (Wildman–Crippen MR) is 62.0 cm³/mol. The molecule has 1 aliphatic carbocycles. The molecule has 16 heavy (non-hydrogen) atoms. The molecule has 2 N–H and O–H groups in total. The van der Waals surface area contributed by atoms with E-state index < -0.39 is 0 Å².